The number of methoxy groups -OCH3 is 1. The van der Waals surface area contributed by atoms with Crippen LogP contribution in [0.2, 0.25) is 0 Å². The Morgan fingerprint density at radius 1 is 1.00 bits per heavy atom. The molecule has 29 heavy (non-hydrogen) atoms. The molecular weight excluding hydrogens is 390 g/mol. The van der Waals surface area contributed by atoms with Crippen molar-refractivity contribution in [1.82, 2.24) is 9.80 Å². The van der Waals surface area contributed by atoms with Gasteiger partial charge in [-0.2, -0.15) is 0 Å². The Kier molecular flexibility index (Phi) is 6.71. The van der Waals surface area contributed by atoms with Crippen LogP contribution < -0.4 is 10.1 Å². The third kappa shape index (κ3) is 5.24. The van der Waals surface area contributed by atoms with Crippen LogP contribution in [-0.4, -0.2) is 55.5 Å². The number of carbonyl (C=O) groups is 1. The van der Waals surface area contributed by atoms with Crippen molar-refractivity contribution >= 4 is 11.6 Å². The number of halogens is 4. The van der Waals surface area contributed by atoms with Gasteiger partial charge in [-0.25, -0.2) is 17.6 Å². The fraction of sp³-hybridized carbons (Fsp3) is 0.350. The first-order chi connectivity index (χ1) is 13.9. The summed E-state index contributed by atoms with van der Waals surface area (Å²) in [5, 5.41) is 2.26. The van der Waals surface area contributed by atoms with Crippen LogP contribution >= 0.6 is 0 Å². The van der Waals surface area contributed by atoms with E-state index in [1.165, 1.54) is 19.2 Å². The van der Waals surface area contributed by atoms with Gasteiger partial charge in [-0.3, -0.25) is 14.6 Å². The molecule has 3 rings (SSSR count). The Hall–Kier alpha value is -2.65. The van der Waals surface area contributed by atoms with Gasteiger partial charge in [0.05, 0.1) is 19.3 Å². The van der Waals surface area contributed by atoms with E-state index in [-0.39, 0.29) is 12.4 Å². The van der Waals surface area contributed by atoms with Gasteiger partial charge in [-0.05, 0) is 30.3 Å². The molecule has 156 valence electrons. The summed E-state index contributed by atoms with van der Waals surface area (Å²) in [6.07, 6.45) is 0. The van der Waals surface area contributed by atoms with Crippen LogP contribution in [0.5, 0.6) is 5.75 Å². The molecule has 0 atom stereocenters. The van der Waals surface area contributed by atoms with Crippen LogP contribution in [0.15, 0.2) is 30.3 Å². The fourth-order valence-corrected chi connectivity index (χ4v) is 3.23. The van der Waals surface area contributed by atoms with Crippen LogP contribution in [0.25, 0.3) is 0 Å². The van der Waals surface area contributed by atoms with E-state index < -0.39 is 29.0 Å². The minimum absolute atomic E-state index is 0.00440. The lowest BCUT2D eigenvalue weighted by Gasteiger charge is -2.34. The molecule has 1 saturated heterocycles. The van der Waals surface area contributed by atoms with Gasteiger partial charge in [0, 0.05) is 38.3 Å². The van der Waals surface area contributed by atoms with E-state index in [1.54, 1.807) is 6.07 Å². The molecule has 2 aromatic rings. The predicted octanol–water partition coefficient (Wildman–Crippen LogP) is 3.01. The molecular formula is C20H21F4N3O2. The van der Waals surface area contributed by atoms with Crippen molar-refractivity contribution in [3.8, 4) is 5.75 Å². The molecule has 0 unspecified atom stereocenters. The molecule has 0 aliphatic carbocycles. The molecule has 1 amide bonds. The molecule has 0 aromatic heterocycles. The number of piperazine rings is 1. The van der Waals surface area contributed by atoms with Gasteiger partial charge in [-0.15, -0.1) is 0 Å². The highest BCUT2D eigenvalue weighted by atomic mass is 19.2. The zero-order valence-corrected chi connectivity index (χ0v) is 15.9. The number of nitrogens with one attached hydrogen (secondary N) is 1. The molecule has 1 fully saturated rings. The Balaban J connectivity index is 1.50. The number of hydrogen-bond acceptors (Lipinski definition) is 4. The van der Waals surface area contributed by atoms with Crippen molar-refractivity contribution in [2.45, 2.75) is 6.54 Å². The predicted molar refractivity (Wildman–Crippen MR) is 99.6 cm³/mol. The highest BCUT2D eigenvalue weighted by Crippen LogP contribution is 2.22. The summed E-state index contributed by atoms with van der Waals surface area (Å²) >= 11 is 0. The Morgan fingerprint density at radius 2 is 1.69 bits per heavy atom. The molecule has 1 aliphatic heterocycles. The van der Waals surface area contributed by atoms with E-state index in [0.717, 1.165) is 17.7 Å². The normalized spacial score (nSPS) is 15.3. The maximum atomic E-state index is 13.7. The van der Waals surface area contributed by atoms with Crippen molar-refractivity contribution in [2.24, 2.45) is 0 Å². The Morgan fingerprint density at radius 3 is 2.38 bits per heavy atom. The maximum absolute atomic E-state index is 13.7. The summed E-state index contributed by atoms with van der Waals surface area (Å²) in [7, 11) is 1.53. The highest BCUT2D eigenvalue weighted by Gasteiger charge is 2.21. The number of carbonyl (C=O) groups excluding carboxylic acids is 1. The van der Waals surface area contributed by atoms with Gasteiger partial charge < -0.3 is 10.1 Å². The van der Waals surface area contributed by atoms with Gasteiger partial charge >= 0.3 is 0 Å². The van der Waals surface area contributed by atoms with E-state index in [2.05, 4.69) is 10.2 Å². The average molecular weight is 411 g/mol. The molecule has 1 heterocycles. The lowest BCUT2D eigenvalue weighted by molar-refractivity contribution is -0.117. The van der Waals surface area contributed by atoms with Crippen LogP contribution in [-0.2, 0) is 11.3 Å². The number of nitrogens with zero attached hydrogens (tertiary/aromatic N) is 2. The van der Waals surface area contributed by atoms with Gasteiger partial charge in [0.1, 0.15) is 11.6 Å². The minimum Gasteiger partial charge on any atom is -0.496 e. The molecule has 2 aromatic carbocycles. The largest absolute Gasteiger partial charge is 0.496 e. The second kappa shape index (κ2) is 9.23. The number of ether oxygens (including phenoxy) is 1. The van der Waals surface area contributed by atoms with Crippen molar-refractivity contribution in [3.63, 3.8) is 0 Å². The van der Waals surface area contributed by atoms with E-state index in [4.69, 9.17) is 4.74 Å². The summed E-state index contributed by atoms with van der Waals surface area (Å²) in [6, 6.07) is 6.11. The molecule has 1 aliphatic rings. The van der Waals surface area contributed by atoms with Crippen LogP contribution in [0.1, 0.15) is 5.56 Å². The molecule has 1 N–H and O–H groups in total. The van der Waals surface area contributed by atoms with Crippen LogP contribution in [0, 0.1) is 23.3 Å². The lowest BCUT2D eigenvalue weighted by Crippen LogP contribution is -2.48. The number of amides is 1. The molecule has 0 spiro atoms. The third-order valence-electron chi connectivity index (χ3n) is 4.78. The summed E-state index contributed by atoms with van der Waals surface area (Å²) in [5.74, 6) is -4.60. The SMILES string of the molecule is COc1ccc(F)cc1CN1CCN(CC(=O)Nc2ccc(F)c(F)c2F)CC1. The number of hydrogen-bond donors (Lipinski definition) is 1. The Labute approximate surface area is 165 Å². The second-order valence-corrected chi connectivity index (χ2v) is 6.78. The molecule has 5 nitrogen and oxygen atoms in total. The van der Waals surface area contributed by atoms with E-state index in [1.807, 2.05) is 4.90 Å². The second-order valence-electron chi connectivity index (χ2n) is 6.78. The lowest BCUT2D eigenvalue weighted by atomic mass is 10.1. The number of benzene rings is 2. The number of anilines is 1. The molecule has 0 bridgehead atoms. The van der Waals surface area contributed by atoms with Gasteiger partial charge in [0.15, 0.2) is 17.5 Å². The number of rotatable bonds is 6. The first-order valence-electron chi connectivity index (χ1n) is 9.08. The monoisotopic (exact) mass is 411 g/mol. The van der Waals surface area contributed by atoms with Gasteiger partial charge in [-0.1, -0.05) is 0 Å². The Bertz CT molecular complexity index is 886. The summed E-state index contributed by atoms with van der Waals surface area (Å²) < 4.78 is 58.6. The smallest absolute Gasteiger partial charge is 0.238 e. The summed E-state index contributed by atoms with van der Waals surface area (Å²) in [6.45, 7) is 2.95. The highest BCUT2D eigenvalue weighted by molar-refractivity contribution is 5.92. The summed E-state index contributed by atoms with van der Waals surface area (Å²) in [5.41, 5.74) is 0.346. The van der Waals surface area contributed by atoms with E-state index >= 15 is 0 Å². The van der Waals surface area contributed by atoms with Gasteiger partial charge in [0.25, 0.3) is 0 Å². The minimum atomic E-state index is -1.62. The van der Waals surface area contributed by atoms with Crippen LogP contribution in [0.4, 0.5) is 23.2 Å². The maximum Gasteiger partial charge on any atom is 0.238 e. The first kappa shape index (κ1) is 21.1. The molecule has 0 radical (unpaired) electrons. The van der Waals surface area contributed by atoms with Crippen molar-refractivity contribution in [2.75, 3.05) is 45.2 Å². The quantitative estimate of drug-likeness (QED) is 0.587. The first-order valence-corrected chi connectivity index (χ1v) is 9.08. The van der Waals surface area contributed by atoms with E-state index in [9.17, 15) is 22.4 Å². The topological polar surface area (TPSA) is 44.8 Å². The van der Waals surface area contributed by atoms with E-state index in [0.29, 0.717) is 38.5 Å². The summed E-state index contributed by atoms with van der Waals surface area (Å²) in [4.78, 5) is 16.1. The molecule has 9 heteroatoms. The fourth-order valence-electron chi connectivity index (χ4n) is 3.23. The zero-order valence-electron chi connectivity index (χ0n) is 15.9. The van der Waals surface area contributed by atoms with Crippen LogP contribution in [0.3, 0.4) is 0 Å². The molecule has 0 saturated carbocycles. The third-order valence-corrected chi connectivity index (χ3v) is 4.78. The van der Waals surface area contributed by atoms with Crippen molar-refractivity contribution < 1.29 is 27.1 Å². The van der Waals surface area contributed by atoms with Gasteiger partial charge in [0.2, 0.25) is 5.91 Å². The average Bonchev–Trinajstić information content (AvgIpc) is 2.70. The standard InChI is InChI=1S/C20H21F4N3O2/c1-29-17-5-2-14(21)10-13(17)11-26-6-8-27(9-7-26)12-18(28)25-16-4-3-15(22)19(23)20(16)24/h2-5,10H,6-9,11-12H2,1H3,(H,25,28). The van der Waals surface area contributed by atoms with Crippen molar-refractivity contribution in [1.29, 1.82) is 0 Å². The zero-order chi connectivity index (χ0) is 21.0. The van der Waals surface area contributed by atoms with Crippen molar-refractivity contribution in [3.05, 3.63) is 59.2 Å².